The average Bonchev–Trinajstić information content (AvgIpc) is 2.50. The maximum absolute atomic E-state index is 11.6. The fourth-order valence-corrected chi connectivity index (χ4v) is 1.81. The van der Waals surface area contributed by atoms with Crippen molar-refractivity contribution >= 4 is 12.0 Å². The number of pyridine rings is 1. The molecule has 7 heteroatoms. The molecule has 2 amide bonds. The van der Waals surface area contributed by atoms with Gasteiger partial charge in [0.1, 0.15) is 0 Å². The number of carbonyl (C=O) groups is 2. The largest absolute Gasteiger partial charge is 0.478 e. The van der Waals surface area contributed by atoms with E-state index in [4.69, 9.17) is 5.11 Å². The van der Waals surface area contributed by atoms with Gasteiger partial charge in [0, 0.05) is 19.3 Å². The Hall–Kier alpha value is -2.15. The Kier molecular flexibility index (Phi) is 7.17. The highest BCUT2D eigenvalue weighted by atomic mass is 16.4. The van der Waals surface area contributed by atoms with E-state index in [2.05, 4.69) is 34.4 Å². The van der Waals surface area contributed by atoms with Gasteiger partial charge in [-0.15, -0.1) is 0 Å². The molecule has 0 bridgehead atoms. The van der Waals surface area contributed by atoms with Crippen molar-refractivity contribution in [3.05, 3.63) is 29.6 Å². The quantitative estimate of drug-likeness (QED) is 0.663. The summed E-state index contributed by atoms with van der Waals surface area (Å²) in [6, 6.07) is 2.57. The van der Waals surface area contributed by atoms with Crippen molar-refractivity contribution in [2.45, 2.75) is 20.4 Å². The molecule has 0 spiro atoms. The highest BCUT2D eigenvalue weighted by Crippen LogP contribution is 2.01. The second-order valence-electron chi connectivity index (χ2n) is 4.48. The molecule has 0 radical (unpaired) electrons. The van der Waals surface area contributed by atoms with Crippen LogP contribution >= 0.6 is 0 Å². The second kappa shape index (κ2) is 8.91. The topological polar surface area (TPSA) is 94.6 Å². The Balaban J connectivity index is 2.33. The lowest BCUT2D eigenvalue weighted by atomic mass is 10.2. The molecule has 0 unspecified atom stereocenters. The summed E-state index contributed by atoms with van der Waals surface area (Å²) in [4.78, 5) is 28.7. The van der Waals surface area contributed by atoms with E-state index in [9.17, 15) is 9.59 Å². The number of urea groups is 1. The summed E-state index contributed by atoms with van der Waals surface area (Å²) in [5, 5.41) is 14.3. The van der Waals surface area contributed by atoms with Crippen LogP contribution < -0.4 is 10.6 Å². The van der Waals surface area contributed by atoms with Crippen LogP contribution in [0.5, 0.6) is 0 Å². The molecule has 0 atom stereocenters. The van der Waals surface area contributed by atoms with Crippen LogP contribution in [0.15, 0.2) is 18.3 Å². The average molecular weight is 294 g/mol. The van der Waals surface area contributed by atoms with Crippen molar-refractivity contribution in [2.24, 2.45) is 0 Å². The third-order valence-corrected chi connectivity index (χ3v) is 3.10. The van der Waals surface area contributed by atoms with Crippen LogP contribution in [0.1, 0.15) is 29.9 Å². The normalized spacial score (nSPS) is 10.4. The zero-order chi connectivity index (χ0) is 15.7. The zero-order valence-electron chi connectivity index (χ0n) is 12.4. The zero-order valence-corrected chi connectivity index (χ0v) is 12.4. The Morgan fingerprint density at radius 2 is 2.00 bits per heavy atom. The SMILES string of the molecule is CCN(CC)CCNC(=O)NCc1cc(C(=O)O)ccn1. The molecule has 0 fully saturated rings. The van der Waals surface area contributed by atoms with Gasteiger partial charge in [-0.3, -0.25) is 4.98 Å². The van der Waals surface area contributed by atoms with Gasteiger partial charge in [-0.1, -0.05) is 13.8 Å². The van der Waals surface area contributed by atoms with Crippen LogP contribution in [-0.2, 0) is 6.54 Å². The van der Waals surface area contributed by atoms with Crippen LogP contribution in [0.4, 0.5) is 4.79 Å². The predicted molar refractivity (Wildman–Crippen MR) is 79.2 cm³/mol. The van der Waals surface area contributed by atoms with Gasteiger partial charge < -0.3 is 20.6 Å². The molecule has 1 aromatic heterocycles. The van der Waals surface area contributed by atoms with E-state index in [0.29, 0.717) is 12.2 Å². The maximum Gasteiger partial charge on any atom is 0.335 e. The van der Waals surface area contributed by atoms with E-state index >= 15 is 0 Å². The first-order valence-corrected chi connectivity index (χ1v) is 6.99. The minimum Gasteiger partial charge on any atom is -0.478 e. The van der Waals surface area contributed by atoms with Gasteiger partial charge in [-0.25, -0.2) is 9.59 Å². The number of carboxylic acid groups (broad SMARTS) is 1. The third-order valence-electron chi connectivity index (χ3n) is 3.10. The number of hydrogen-bond donors (Lipinski definition) is 3. The third kappa shape index (κ3) is 6.22. The summed E-state index contributed by atoms with van der Waals surface area (Å²) in [5.74, 6) is -1.01. The van der Waals surface area contributed by atoms with Gasteiger partial charge in [0.15, 0.2) is 0 Å². The highest BCUT2D eigenvalue weighted by molar-refractivity contribution is 5.87. The maximum atomic E-state index is 11.6. The lowest BCUT2D eigenvalue weighted by molar-refractivity contribution is 0.0696. The standard InChI is InChI=1S/C14H22N4O3/c1-3-18(4-2)8-7-16-14(21)17-10-12-9-11(13(19)20)5-6-15-12/h5-6,9H,3-4,7-8,10H2,1-2H3,(H,19,20)(H2,16,17,21). The number of hydrogen-bond acceptors (Lipinski definition) is 4. The lowest BCUT2D eigenvalue weighted by Crippen LogP contribution is -2.40. The molecule has 1 rings (SSSR count). The van der Waals surface area contributed by atoms with Crippen molar-refractivity contribution in [2.75, 3.05) is 26.2 Å². The van der Waals surface area contributed by atoms with E-state index < -0.39 is 5.97 Å². The first-order chi connectivity index (χ1) is 10.1. The smallest absolute Gasteiger partial charge is 0.335 e. The molecule has 1 aromatic rings. The molecule has 116 valence electrons. The number of amides is 2. The second-order valence-corrected chi connectivity index (χ2v) is 4.48. The number of aromatic carboxylic acids is 1. The van der Waals surface area contributed by atoms with E-state index in [1.165, 1.54) is 18.3 Å². The van der Waals surface area contributed by atoms with Crippen LogP contribution in [0.25, 0.3) is 0 Å². The summed E-state index contributed by atoms with van der Waals surface area (Å²) >= 11 is 0. The molecule has 0 aliphatic heterocycles. The minimum atomic E-state index is -1.01. The molecule has 1 heterocycles. The first-order valence-electron chi connectivity index (χ1n) is 6.99. The Morgan fingerprint density at radius 3 is 2.62 bits per heavy atom. The fourth-order valence-electron chi connectivity index (χ4n) is 1.81. The predicted octanol–water partition coefficient (Wildman–Crippen LogP) is 0.921. The monoisotopic (exact) mass is 294 g/mol. The first kappa shape index (κ1) is 16.9. The molecule has 3 N–H and O–H groups in total. The fraction of sp³-hybridized carbons (Fsp3) is 0.500. The van der Waals surface area contributed by atoms with Gasteiger partial charge >= 0.3 is 12.0 Å². The van der Waals surface area contributed by atoms with Crippen molar-refractivity contribution in [3.8, 4) is 0 Å². The number of carbonyl (C=O) groups excluding carboxylic acids is 1. The molecule has 0 aliphatic rings. The van der Waals surface area contributed by atoms with Crippen LogP contribution in [-0.4, -0.2) is 53.2 Å². The Bertz CT molecular complexity index is 475. The Morgan fingerprint density at radius 1 is 1.29 bits per heavy atom. The van der Waals surface area contributed by atoms with E-state index in [0.717, 1.165) is 19.6 Å². The molecule has 0 saturated heterocycles. The minimum absolute atomic E-state index is 0.156. The van der Waals surface area contributed by atoms with E-state index in [1.54, 1.807) is 0 Å². The van der Waals surface area contributed by atoms with E-state index in [-0.39, 0.29) is 18.1 Å². The summed E-state index contributed by atoms with van der Waals surface area (Å²) < 4.78 is 0. The van der Waals surface area contributed by atoms with Crippen molar-refractivity contribution in [1.82, 2.24) is 20.5 Å². The summed E-state index contributed by atoms with van der Waals surface area (Å²) in [5.41, 5.74) is 0.664. The highest BCUT2D eigenvalue weighted by Gasteiger charge is 2.06. The van der Waals surface area contributed by atoms with Gasteiger partial charge in [0.25, 0.3) is 0 Å². The number of nitrogens with one attached hydrogen (secondary N) is 2. The van der Waals surface area contributed by atoms with E-state index in [1.807, 2.05) is 0 Å². The van der Waals surface area contributed by atoms with Crippen molar-refractivity contribution < 1.29 is 14.7 Å². The van der Waals surface area contributed by atoms with Gasteiger partial charge in [0.2, 0.25) is 0 Å². The molecule has 0 aromatic carbocycles. The molecule has 0 aliphatic carbocycles. The van der Waals surface area contributed by atoms with Crippen LogP contribution in [0, 0.1) is 0 Å². The van der Waals surface area contributed by atoms with Gasteiger partial charge in [-0.05, 0) is 25.2 Å². The van der Waals surface area contributed by atoms with Gasteiger partial charge in [0.05, 0.1) is 17.8 Å². The number of nitrogens with zero attached hydrogens (tertiary/aromatic N) is 2. The molecular formula is C14H22N4O3. The summed E-state index contributed by atoms with van der Waals surface area (Å²) in [6.07, 6.45) is 1.42. The number of carboxylic acids is 1. The summed E-state index contributed by atoms with van der Waals surface area (Å²) in [6.45, 7) is 7.61. The number of likely N-dealkylation sites (N-methyl/N-ethyl adjacent to an activating group) is 1. The van der Waals surface area contributed by atoms with Crippen LogP contribution in [0.2, 0.25) is 0 Å². The van der Waals surface area contributed by atoms with Crippen LogP contribution in [0.3, 0.4) is 0 Å². The van der Waals surface area contributed by atoms with Crippen molar-refractivity contribution in [3.63, 3.8) is 0 Å². The number of aromatic nitrogens is 1. The number of rotatable bonds is 8. The van der Waals surface area contributed by atoms with Crippen molar-refractivity contribution in [1.29, 1.82) is 0 Å². The molecule has 0 saturated carbocycles. The molecule has 7 nitrogen and oxygen atoms in total. The summed E-state index contributed by atoms with van der Waals surface area (Å²) in [7, 11) is 0. The Labute approximate surface area is 124 Å². The molecular weight excluding hydrogens is 272 g/mol. The van der Waals surface area contributed by atoms with Gasteiger partial charge in [-0.2, -0.15) is 0 Å². The lowest BCUT2D eigenvalue weighted by Gasteiger charge is -2.18. The molecule has 21 heavy (non-hydrogen) atoms.